The summed E-state index contributed by atoms with van der Waals surface area (Å²) in [4.78, 5) is 8.90. The van der Waals surface area contributed by atoms with Gasteiger partial charge in [0.25, 0.3) is 0 Å². The fraction of sp³-hybridized carbons (Fsp3) is 0.875. The van der Waals surface area contributed by atoms with Gasteiger partial charge >= 0.3 is 12.1 Å². The molecule has 0 radical (unpaired) electrons. The zero-order valence-corrected chi connectivity index (χ0v) is 8.89. The lowest BCUT2D eigenvalue weighted by Gasteiger charge is -2.10. The Bertz CT molecular complexity index is 169. The second kappa shape index (κ2) is 8.49. The quantitative estimate of drug-likeness (QED) is 0.764. The van der Waals surface area contributed by atoms with Crippen LogP contribution in [-0.4, -0.2) is 44.1 Å². The van der Waals surface area contributed by atoms with Crippen LogP contribution in [-0.2, 0) is 9.53 Å². The van der Waals surface area contributed by atoms with Gasteiger partial charge in [0.1, 0.15) is 0 Å². The van der Waals surface area contributed by atoms with E-state index in [0.717, 1.165) is 13.0 Å². The first kappa shape index (κ1) is 16.6. The molecule has 0 unspecified atom stereocenters. The van der Waals surface area contributed by atoms with Crippen molar-refractivity contribution in [3.63, 3.8) is 0 Å². The third-order valence-corrected chi connectivity index (χ3v) is 1.51. The smallest absolute Gasteiger partial charge is 0.475 e. The van der Waals surface area contributed by atoms with Gasteiger partial charge in [0.05, 0.1) is 6.61 Å². The molecule has 0 fully saturated rings. The number of nitrogens with one attached hydrogen (secondary N) is 1. The normalized spacial score (nSPS) is 12.7. The minimum atomic E-state index is -5.08. The topological polar surface area (TPSA) is 58.6 Å². The number of alkyl halides is 3. The van der Waals surface area contributed by atoms with Crippen molar-refractivity contribution in [2.75, 3.05) is 20.8 Å². The van der Waals surface area contributed by atoms with Gasteiger partial charge in [0, 0.05) is 13.2 Å². The second-order valence-corrected chi connectivity index (χ2v) is 2.65. The molecule has 0 amide bonds. The van der Waals surface area contributed by atoms with Gasteiger partial charge in [0.15, 0.2) is 0 Å². The van der Waals surface area contributed by atoms with Crippen molar-refractivity contribution >= 4 is 5.97 Å². The molecule has 1 atom stereocenters. The number of methoxy groups -OCH3 is 1. The number of hydrogen-bond acceptors (Lipinski definition) is 3. The maximum atomic E-state index is 10.6. The Morgan fingerprint density at radius 2 is 1.93 bits per heavy atom. The Kier molecular flexibility index (Phi) is 9.39. The maximum absolute atomic E-state index is 10.6. The largest absolute Gasteiger partial charge is 0.490 e. The molecule has 92 valence electrons. The van der Waals surface area contributed by atoms with Gasteiger partial charge < -0.3 is 15.2 Å². The molecule has 0 aliphatic carbocycles. The molecule has 0 aromatic carbocycles. The third-order valence-electron chi connectivity index (χ3n) is 1.51. The van der Waals surface area contributed by atoms with Gasteiger partial charge in [-0.15, -0.1) is 0 Å². The van der Waals surface area contributed by atoms with Gasteiger partial charge in [-0.2, -0.15) is 13.2 Å². The van der Waals surface area contributed by atoms with E-state index in [4.69, 9.17) is 14.6 Å². The molecular formula is C8H16F3NO3. The van der Waals surface area contributed by atoms with Crippen molar-refractivity contribution in [3.05, 3.63) is 0 Å². The summed E-state index contributed by atoms with van der Waals surface area (Å²) in [6.45, 7) is 2.95. The Labute approximate surface area is 86.4 Å². The Morgan fingerprint density at radius 3 is 2.00 bits per heavy atom. The van der Waals surface area contributed by atoms with Gasteiger partial charge in [0.2, 0.25) is 0 Å². The highest BCUT2D eigenvalue weighted by Gasteiger charge is 2.38. The molecule has 0 saturated heterocycles. The van der Waals surface area contributed by atoms with E-state index >= 15 is 0 Å². The van der Waals surface area contributed by atoms with Crippen molar-refractivity contribution in [3.8, 4) is 0 Å². The van der Waals surface area contributed by atoms with Gasteiger partial charge in [-0.05, 0) is 13.5 Å². The van der Waals surface area contributed by atoms with Crippen LogP contribution in [0.25, 0.3) is 0 Å². The van der Waals surface area contributed by atoms with Crippen LogP contribution < -0.4 is 5.32 Å². The molecule has 7 heteroatoms. The van der Waals surface area contributed by atoms with E-state index in [-0.39, 0.29) is 0 Å². The lowest BCUT2D eigenvalue weighted by atomic mass is 10.2. The fourth-order valence-electron chi connectivity index (χ4n) is 0.606. The van der Waals surface area contributed by atoms with Crippen LogP contribution >= 0.6 is 0 Å². The summed E-state index contributed by atoms with van der Waals surface area (Å²) in [5, 5.41) is 10.3. The summed E-state index contributed by atoms with van der Waals surface area (Å²) in [7, 11) is 3.67. The number of carbonyl (C=O) groups is 1. The molecule has 15 heavy (non-hydrogen) atoms. The molecule has 0 aromatic heterocycles. The lowest BCUT2D eigenvalue weighted by Crippen LogP contribution is -2.28. The van der Waals surface area contributed by atoms with Crippen LogP contribution in [0.1, 0.15) is 13.3 Å². The maximum Gasteiger partial charge on any atom is 0.490 e. The summed E-state index contributed by atoms with van der Waals surface area (Å²) in [5.41, 5.74) is 0. The number of ether oxygens (including phenoxy) is 1. The standard InChI is InChI=1S/C6H15NO.C2HF3O2/c1-4-6(7-2)5-8-3;3-2(4,5)1(6)7/h6-7H,4-5H2,1-3H3;(H,6,7)/t6-;/m0./s1. The Hall–Kier alpha value is -0.820. The van der Waals surface area contributed by atoms with Crippen molar-refractivity contribution < 1.29 is 27.8 Å². The molecule has 0 aliphatic rings. The predicted octanol–water partition coefficient (Wildman–Crippen LogP) is 1.26. The summed E-state index contributed by atoms with van der Waals surface area (Å²) >= 11 is 0. The molecule has 0 bridgehead atoms. The average molecular weight is 231 g/mol. The van der Waals surface area contributed by atoms with E-state index in [0.29, 0.717) is 6.04 Å². The summed E-state index contributed by atoms with van der Waals surface area (Å²) in [6, 6.07) is 0.528. The van der Waals surface area contributed by atoms with Crippen molar-refractivity contribution in [2.45, 2.75) is 25.6 Å². The van der Waals surface area contributed by atoms with Crippen LogP contribution in [0.4, 0.5) is 13.2 Å². The first-order chi connectivity index (χ1) is 6.79. The Morgan fingerprint density at radius 1 is 1.53 bits per heavy atom. The number of carboxylic acid groups (broad SMARTS) is 1. The minimum absolute atomic E-state index is 0.528. The zero-order chi connectivity index (χ0) is 12.5. The van der Waals surface area contributed by atoms with Crippen molar-refractivity contribution in [1.29, 1.82) is 0 Å². The van der Waals surface area contributed by atoms with E-state index in [1.54, 1.807) is 7.11 Å². The lowest BCUT2D eigenvalue weighted by molar-refractivity contribution is -0.192. The van der Waals surface area contributed by atoms with E-state index in [9.17, 15) is 13.2 Å². The summed E-state index contributed by atoms with van der Waals surface area (Å²) in [6.07, 6.45) is -3.95. The highest BCUT2D eigenvalue weighted by molar-refractivity contribution is 5.73. The third kappa shape index (κ3) is 11.1. The first-order valence-electron chi connectivity index (χ1n) is 4.25. The Balaban J connectivity index is 0. The fourth-order valence-corrected chi connectivity index (χ4v) is 0.606. The number of likely N-dealkylation sites (N-methyl/N-ethyl adjacent to an activating group) is 1. The van der Waals surface area contributed by atoms with Crippen LogP contribution in [0.5, 0.6) is 0 Å². The molecular weight excluding hydrogens is 215 g/mol. The van der Waals surface area contributed by atoms with Crippen LogP contribution in [0, 0.1) is 0 Å². The zero-order valence-electron chi connectivity index (χ0n) is 8.89. The number of carboxylic acids is 1. The van der Waals surface area contributed by atoms with E-state index in [1.807, 2.05) is 7.05 Å². The number of halogens is 3. The average Bonchev–Trinajstić information content (AvgIpc) is 2.13. The SMILES string of the molecule is CC[C@@H](COC)NC.O=C(O)C(F)(F)F. The first-order valence-corrected chi connectivity index (χ1v) is 4.25. The molecule has 4 nitrogen and oxygen atoms in total. The minimum Gasteiger partial charge on any atom is -0.475 e. The molecule has 2 N–H and O–H groups in total. The van der Waals surface area contributed by atoms with Crippen molar-refractivity contribution in [2.24, 2.45) is 0 Å². The second-order valence-electron chi connectivity index (χ2n) is 2.65. The summed E-state index contributed by atoms with van der Waals surface area (Å²) in [5.74, 6) is -2.76. The molecule has 0 aromatic rings. The van der Waals surface area contributed by atoms with Gasteiger partial charge in [-0.3, -0.25) is 0 Å². The van der Waals surface area contributed by atoms with Gasteiger partial charge in [-0.1, -0.05) is 6.92 Å². The molecule has 0 rings (SSSR count). The molecule has 0 saturated carbocycles. The predicted molar refractivity (Wildman–Crippen MR) is 48.7 cm³/mol. The molecule has 0 spiro atoms. The number of rotatable bonds is 4. The van der Waals surface area contributed by atoms with E-state index in [2.05, 4.69) is 12.2 Å². The highest BCUT2D eigenvalue weighted by Crippen LogP contribution is 2.13. The van der Waals surface area contributed by atoms with Crippen molar-refractivity contribution in [1.82, 2.24) is 5.32 Å². The van der Waals surface area contributed by atoms with Crippen LogP contribution in [0.3, 0.4) is 0 Å². The van der Waals surface area contributed by atoms with E-state index in [1.165, 1.54) is 0 Å². The van der Waals surface area contributed by atoms with Crippen LogP contribution in [0.2, 0.25) is 0 Å². The van der Waals surface area contributed by atoms with Gasteiger partial charge in [-0.25, -0.2) is 4.79 Å². The van der Waals surface area contributed by atoms with Crippen LogP contribution in [0.15, 0.2) is 0 Å². The monoisotopic (exact) mass is 231 g/mol. The number of aliphatic carboxylic acids is 1. The molecule has 0 aliphatic heterocycles. The van der Waals surface area contributed by atoms with E-state index < -0.39 is 12.1 Å². The summed E-state index contributed by atoms with van der Waals surface area (Å²) < 4.78 is 36.7. The number of hydrogen-bond donors (Lipinski definition) is 2. The molecule has 0 heterocycles. The highest BCUT2D eigenvalue weighted by atomic mass is 19.4.